The van der Waals surface area contributed by atoms with E-state index in [1.807, 2.05) is 34.9 Å². The minimum Gasteiger partial charge on any atom is -0.469 e. The van der Waals surface area contributed by atoms with Crippen LogP contribution in [0, 0.1) is 6.92 Å². The van der Waals surface area contributed by atoms with Crippen LogP contribution in [0.1, 0.15) is 11.3 Å². The van der Waals surface area contributed by atoms with Crippen LogP contribution in [0.3, 0.4) is 0 Å². The molecule has 0 saturated carbocycles. The summed E-state index contributed by atoms with van der Waals surface area (Å²) in [5.74, 6) is 0.339. The summed E-state index contributed by atoms with van der Waals surface area (Å²) in [7, 11) is 1.37. The van der Waals surface area contributed by atoms with Crippen molar-refractivity contribution in [3.63, 3.8) is 0 Å². The van der Waals surface area contributed by atoms with Crippen LogP contribution < -0.4 is 5.32 Å². The zero-order valence-electron chi connectivity index (χ0n) is 15.6. The van der Waals surface area contributed by atoms with Gasteiger partial charge in [0.05, 0.1) is 29.3 Å². The van der Waals surface area contributed by atoms with Crippen LogP contribution in [0.4, 0.5) is 11.5 Å². The minimum atomic E-state index is -0.332. The molecule has 9 heteroatoms. The number of para-hydroxylation sites is 1. The van der Waals surface area contributed by atoms with Crippen LogP contribution in [-0.4, -0.2) is 27.4 Å². The number of hydrogen-bond acceptors (Lipinski definition) is 6. The monoisotopic (exact) mass is 446 g/mol. The lowest BCUT2D eigenvalue weighted by molar-refractivity contribution is -0.139. The highest BCUT2D eigenvalue weighted by Gasteiger charge is 2.22. The highest BCUT2D eigenvalue weighted by atomic mass is 35.5. The highest BCUT2D eigenvalue weighted by Crippen LogP contribution is 2.39. The number of carbonyl (C=O) groups excluding carboxylic acids is 1. The number of halogens is 2. The Balaban J connectivity index is 1.95. The number of nitrogens with one attached hydrogen (secondary N) is 1. The van der Waals surface area contributed by atoms with Gasteiger partial charge in [-0.1, -0.05) is 35.3 Å². The maximum atomic E-state index is 11.9. The summed E-state index contributed by atoms with van der Waals surface area (Å²) in [5.41, 5.74) is 3.87. The quantitative estimate of drug-likeness (QED) is 0.408. The highest BCUT2D eigenvalue weighted by molar-refractivity contribution is 7.15. The van der Waals surface area contributed by atoms with Gasteiger partial charge in [0.15, 0.2) is 4.96 Å². The fourth-order valence-corrected chi connectivity index (χ4v) is 4.40. The van der Waals surface area contributed by atoms with Gasteiger partial charge < -0.3 is 10.1 Å². The first-order valence-corrected chi connectivity index (χ1v) is 10.3. The lowest BCUT2D eigenvalue weighted by Crippen LogP contribution is -2.08. The summed E-state index contributed by atoms with van der Waals surface area (Å²) in [4.78, 5) is 21.5. The van der Waals surface area contributed by atoms with E-state index in [1.54, 1.807) is 18.5 Å². The summed E-state index contributed by atoms with van der Waals surface area (Å²) in [6.45, 7) is 1.97. The number of benzene rings is 1. The molecule has 0 aliphatic carbocycles. The van der Waals surface area contributed by atoms with Gasteiger partial charge in [0, 0.05) is 29.0 Å². The predicted molar refractivity (Wildman–Crippen MR) is 117 cm³/mol. The van der Waals surface area contributed by atoms with E-state index >= 15 is 0 Å². The molecule has 0 bridgehead atoms. The van der Waals surface area contributed by atoms with Crippen molar-refractivity contribution in [2.24, 2.45) is 0 Å². The molecular formula is C20H16Cl2N4O2S. The molecule has 0 radical (unpaired) electrons. The summed E-state index contributed by atoms with van der Waals surface area (Å²) in [6.07, 6.45) is 3.35. The lowest BCUT2D eigenvalue weighted by Gasteiger charge is -2.14. The third-order valence-corrected chi connectivity index (χ3v) is 5.97. The Morgan fingerprint density at radius 3 is 2.83 bits per heavy atom. The molecule has 29 heavy (non-hydrogen) atoms. The van der Waals surface area contributed by atoms with E-state index in [-0.39, 0.29) is 12.4 Å². The van der Waals surface area contributed by atoms with Gasteiger partial charge in [-0.15, -0.1) is 11.3 Å². The van der Waals surface area contributed by atoms with E-state index < -0.39 is 0 Å². The molecule has 3 aromatic heterocycles. The third-order valence-electron chi connectivity index (χ3n) is 4.48. The van der Waals surface area contributed by atoms with Crippen molar-refractivity contribution in [3.05, 3.63) is 63.3 Å². The van der Waals surface area contributed by atoms with Gasteiger partial charge in [-0.2, -0.15) is 0 Å². The molecule has 4 rings (SSSR count). The van der Waals surface area contributed by atoms with E-state index in [9.17, 15) is 4.79 Å². The van der Waals surface area contributed by atoms with Crippen molar-refractivity contribution >= 4 is 57.0 Å². The fraction of sp³-hybridized carbons (Fsp3) is 0.150. The summed E-state index contributed by atoms with van der Waals surface area (Å²) in [6, 6.07) is 7.48. The number of rotatable bonds is 5. The zero-order valence-corrected chi connectivity index (χ0v) is 17.9. The van der Waals surface area contributed by atoms with Crippen molar-refractivity contribution in [3.8, 4) is 11.3 Å². The van der Waals surface area contributed by atoms with Gasteiger partial charge >= 0.3 is 5.97 Å². The number of anilines is 2. The number of imidazole rings is 1. The zero-order chi connectivity index (χ0) is 20.5. The molecule has 1 aromatic carbocycles. The van der Waals surface area contributed by atoms with Crippen LogP contribution in [0.5, 0.6) is 0 Å². The molecular weight excluding hydrogens is 431 g/mol. The summed E-state index contributed by atoms with van der Waals surface area (Å²) >= 11 is 14.3. The van der Waals surface area contributed by atoms with Gasteiger partial charge in [0.25, 0.3) is 0 Å². The third kappa shape index (κ3) is 3.69. The first kappa shape index (κ1) is 19.7. The molecule has 0 atom stereocenters. The number of fused-ring (bicyclic) bond motifs is 1. The van der Waals surface area contributed by atoms with E-state index in [1.165, 1.54) is 18.4 Å². The van der Waals surface area contributed by atoms with Gasteiger partial charge in [0.1, 0.15) is 11.5 Å². The van der Waals surface area contributed by atoms with Gasteiger partial charge in [-0.25, -0.2) is 4.98 Å². The molecule has 6 nitrogen and oxygen atoms in total. The standard InChI is InChI=1S/C20H16Cl2N4O2S/c1-11-4-3-5-14(21)17(11)24-19-18(13-6-7-23-9-15(13)22)25-20-26(19)12(10-29-20)8-16(27)28-2/h3-7,9-10,24H,8H2,1-2H3. The average Bonchev–Trinajstić information content (AvgIpc) is 3.25. The Bertz CT molecular complexity index is 1200. The second kappa shape index (κ2) is 8.02. The predicted octanol–water partition coefficient (Wildman–Crippen LogP) is 5.53. The lowest BCUT2D eigenvalue weighted by atomic mass is 10.1. The largest absolute Gasteiger partial charge is 0.469 e. The number of ether oxygens (including phenoxy) is 1. The maximum absolute atomic E-state index is 11.9. The van der Waals surface area contributed by atoms with Crippen molar-refractivity contribution in [2.75, 3.05) is 12.4 Å². The molecule has 0 unspecified atom stereocenters. The number of carbonyl (C=O) groups is 1. The van der Waals surface area contributed by atoms with Crippen LogP contribution in [0.2, 0.25) is 10.0 Å². The number of esters is 1. The Labute approximate surface area is 181 Å². The Morgan fingerprint density at radius 1 is 1.28 bits per heavy atom. The van der Waals surface area contributed by atoms with E-state index in [0.29, 0.717) is 21.6 Å². The molecule has 1 N–H and O–H groups in total. The molecule has 148 valence electrons. The first-order valence-electron chi connectivity index (χ1n) is 8.67. The Morgan fingerprint density at radius 2 is 2.10 bits per heavy atom. The Hall–Kier alpha value is -2.61. The normalized spacial score (nSPS) is 11.0. The topological polar surface area (TPSA) is 68.5 Å². The molecule has 0 saturated heterocycles. The number of aryl methyl sites for hydroxylation is 1. The number of thiazole rings is 1. The van der Waals surface area contributed by atoms with E-state index in [0.717, 1.165) is 27.5 Å². The Kier molecular flexibility index (Phi) is 5.45. The molecule has 4 aromatic rings. The molecule has 3 heterocycles. The van der Waals surface area contributed by atoms with E-state index in [2.05, 4.69) is 10.3 Å². The maximum Gasteiger partial charge on any atom is 0.311 e. The second-order valence-corrected chi connectivity index (χ2v) is 7.97. The molecule has 0 fully saturated rings. The molecule has 0 aliphatic heterocycles. The van der Waals surface area contributed by atoms with Crippen LogP contribution >= 0.6 is 34.5 Å². The second-order valence-electron chi connectivity index (χ2n) is 6.32. The first-order chi connectivity index (χ1) is 14.0. The fourth-order valence-electron chi connectivity index (χ4n) is 3.04. The van der Waals surface area contributed by atoms with Crippen molar-refractivity contribution in [1.82, 2.24) is 14.4 Å². The number of aromatic nitrogens is 3. The number of hydrogen-bond donors (Lipinski definition) is 1. The minimum absolute atomic E-state index is 0.118. The average molecular weight is 447 g/mol. The summed E-state index contributed by atoms with van der Waals surface area (Å²) < 4.78 is 6.74. The number of pyridine rings is 1. The van der Waals surface area contributed by atoms with Gasteiger partial charge in [0.2, 0.25) is 0 Å². The van der Waals surface area contributed by atoms with Crippen LogP contribution in [-0.2, 0) is 16.0 Å². The van der Waals surface area contributed by atoms with Crippen LogP contribution in [0.25, 0.3) is 16.2 Å². The SMILES string of the molecule is COC(=O)Cc1csc2nc(-c3ccncc3Cl)c(Nc3c(C)cccc3Cl)n12. The molecule has 0 amide bonds. The smallest absolute Gasteiger partial charge is 0.311 e. The number of nitrogens with zero attached hydrogens (tertiary/aromatic N) is 3. The van der Waals surface area contributed by atoms with Gasteiger partial charge in [-0.3, -0.25) is 14.2 Å². The van der Waals surface area contributed by atoms with Crippen molar-refractivity contribution < 1.29 is 9.53 Å². The van der Waals surface area contributed by atoms with Crippen molar-refractivity contribution in [1.29, 1.82) is 0 Å². The summed E-state index contributed by atoms with van der Waals surface area (Å²) in [5, 5.41) is 6.37. The number of methoxy groups -OCH3 is 1. The van der Waals surface area contributed by atoms with Crippen molar-refractivity contribution in [2.45, 2.75) is 13.3 Å². The molecule has 0 aliphatic rings. The molecule has 0 spiro atoms. The van der Waals surface area contributed by atoms with E-state index in [4.69, 9.17) is 32.9 Å². The van der Waals surface area contributed by atoms with Crippen LogP contribution in [0.15, 0.2) is 42.0 Å². The van der Waals surface area contributed by atoms with Gasteiger partial charge in [-0.05, 0) is 24.6 Å².